The zero-order valence-corrected chi connectivity index (χ0v) is 12.1. The smallest absolute Gasteiger partial charge is 0.266 e. The molecular formula is C11H17N2O6S+. The highest BCUT2D eigenvalue weighted by Gasteiger charge is 2.08. The van der Waals surface area contributed by atoms with Crippen molar-refractivity contribution in [3.05, 3.63) is 30.1 Å². The van der Waals surface area contributed by atoms with Gasteiger partial charge in [0, 0.05) is 12.1 Å². The van der Waals surface area contributed by atoms with Crippen LogP contribution in [-0.2, 0) is 35.6 Å². The van der Waals surface area contributed by atoms with Gasteiger partial charge in [0.25, 0.3) is 16.8 Å². The number of aromatic nitrogens is 1. The maximum atomic E-state index is 10.8. The standard InChI is InChI=1S/C11H17N2O6S/c1-3-17-19-12-8-11-6-4-5-7-13(11)9-16-10-18-20(2,14)15/h4-8H,3,9-10H2,1-2H3/q+1/b12-8-. The Hall–Kier alpha value is -1.55. The van der Waals surface area contributed by atoms with Gasteiger partial charge in [-0.25, -0.2) is 9.17 Å². The third-order valence-electron chi connectivity index (χ3n) is 1.95. The number of hydrogen-bond acceptors (Lipinski definition) is 7. The molecule has 0 spiro atoms. The fourth-order valence-corrected chi connectivity index (χ4v) is 1.38. The molecule has 0 aliphatic rings. The van der Waals surface area contributed by atoms with Gasteiger partial charge in [0.15, 0.2) is 13.0 Å². The predicted molar refractivity (Wildman–Crippen MR) is 68.8 cm³/mol. The lowest BCUT2D eigenvalue weighted by molar-refractivity contribution is -0.734. The van der Waals surface area contributed by atoms with Crippen LogP contribution >= 0.6 is 0 Å². The summed E-state index contributed by atoms with van der Waals surface area (Å²) in [6.07, 6.45) is 4.13. The number of ether oxygens (including phenoxy) is 1. The minimum absolute atomic E-state index is 0.104. The van der Waals surface area contributed by atoms with Crippen LogP contribution in [0, 0.1) is 0 Å². The molecule has 0 aromatic carbocycles. The molecule has 0 fully saturated rings. The summed E-state index contributed by atoms with van der Waals surface area (Å²) in [5, 5.41) is 3.61. The van der Waals surface area contributed by atoms with Gasteiger partial charge in [-0.2, -0.15) is 17.9 Å². The van der Waals surface area contributed by atoms with Crippen molar-refractivity contribution < 1.29 is 31.8 Å². The lowest BCUT2D eigenvalue weighted by atomic mass is 10.3. The first-order valence-corrected chi connectivity index (χ1v) is 7.57. The van der Waals surface area contributed by atoms with Crippen LogP contribution in [0.4, 0.5) is 0 Å². The third kappa shape index (κ3) is 7.14. The van der Waals surface area contributed by atoms with E-state index in [1.807, 2.05) is 6.07 Å². The molecule has 0 amide bonds. The summed E-state index contributed by atoms with van der Waals surface area (Å²) in [5.41, 5.74) is 0.687. The minimum Gasteiger partial charge on any atom is -0.295 e. The van der Waals surface area contributed by atoms with E-state index in [9.17, 15) is 8.42 Å². The third-order valence-corrected chi connectivity index (χ3v) is 2.47. The largest absolute Gasteiger partial charge is 0.295 e. The summed E-state index contributed by atoms with van der Waals surface area (Å²) >= 11 is 0. The average Bonchev–Trinajstić information content (AvgIpc) is 2.40. The molecule has 0 saturated carbocycles. The number of oxime groups is 1. The SMILES string of the molecule is CCOO/N=C\c1cccc[n+]1COCOS(C)(=O)=O. The van der Waals surface area contributed by atoms with Crippen LogP contribution in [-0.4, -0.2) is 34.3 Å². The summed E-state index contributed by atoms with van der Waals surface area (Å²) in [6.45, 7) is 1.91. The summed E-state index contributed by atoms with van der Waals surface area (Å²) in [4.78, 5) is 9.13. The second-order valence-corrected chi connectivity index (χ2v) is 5.23. The van der Waals surface area contributed by atoms with E-state index in [2.05, 4.69) is 19.2 Å². The summed E-state index contributed by atoms with van der Waals surface area (Å²) in [7, 11) is -3.51. The van der Waals surface area contributed by atoms with Gasteiger partial charge in [-0.1, -0.05) is 0 Å². The Bertz CT molecular complexity index is 531. The van der Waals surface area contributed by atoms with Gasteiger partial charge < -0.3 is 0 Å². The fourth-order valence-electron chi connectivity index (χ4n) is 1.14. The number of pyridine rings is 1. The second-order valence-electron chi connectivity index (χ2n) is 3.58. The van der Waals surface area contributed by atoms with Gasteiger partial charge in [-0.05, 0) is 18.1 Å². The molecule has 0 radical (unpaired) electrons. The molecule has 20 heavy (non-hydrogen) atoms. The zero-order chi connectivity index (χ0) is 14.8. The van der Waals surface area contributed by atoms with Crippen molar-refractivity contribution in [3.63, 3.8) is 0 Å². The van der Waals surface area contributed by atoms with Crippen molar-refractivity contribution in [2.24, 2.45) is 5.16 Å². The molecular weight excluding hydrogens is 288 g/mol. The average molecular weight is 305 g/mol. The van der Waals surface area contributed by atoms with Crippen molar-refractivity contribution in [2.75, 3.05) is 19.7 Å². The Balaban J connectivity index is 2.50. The Kier molecular flexibility index (Phi) is 7.09. The summed E-state index contributed by atoms with van der Waals surface area (Å²) in [5.74, 6) is 0. The van der Waals surface area contributed by atoms with Crippen molar-refractivity contribution in [3.8, 4) is 0 Å². The van der Waals surface area contributed by atoms with Gasteiger partial charge in [0.2, 0.25) is 5.69 Å². The maximum Gasteiger partial charge on any atom is 0.266 e. The normalized spacial score (nSPS) is 11.9. The first-order chi connectivity index (χ1) is 9.53. The number of hydrogen-bond donors (Lipinski definition) is 0. The van der Waals surface area contributed by atoms with E-state index < -0.39 is 10.1 Å². The van der Waals surface area contributed by atoms with E-state index in [0.29, 0.717) is 12.3 Å². The van der Waals surface area contributed by atoms with E-state index in [-0.39, 0.29) is 13.5 Å². The highest BCUT2D eigenvalue weighted by molar-refractivity contribution is 7.85. The lowest BCUT2D eigenvalue weighted by Gasteiger charge is -2.02. The highest BCUT2D eigenvalue weighted by Crippen LogP contribution is 1.91. The van der Waals surface area contributed by atoms with Crippen molar-refractivity contribution in [1.29, 1.82) is 0 Å². The summed E-state index contributed by atoms with van der Waals surface area (Å²) < 4.78 is 32.7. The Morgan fingerprint density at radius 1 is 1.40 bits per heavy atom. The van der Waals surface area contributed by atoms with Gasteiger partial charge in [0.05, 0.1) is 12.9 Å². The van der Waals surface area contributed by atoms with Crippen LogP contribution in [0.15, 0.2) is 29.6 Å². The molecule has 1 heterocycles. The topological polar surface area (TPSA) is 87.3 Å². The Labute approximate surface area is 117 Å². The molecule has 8 nitrogen and oxygen atoms in total. The molecule has 0 bridgehead atoms. The molecule has 0 aliphatic heterocycles. The van der Waals surface area contributed by atoms with E-state index in [1.165, 1.54) is 6.21 Å². The van der Waals surface area contributed by atoms with Crippen LogP contribution in [0.2, 0.25) is 0 Å². The minimum atomic E-state index is -3.51. The molecule has 0 saturated heterocycles. The molecule has 0 aliphatic carbocycles. The summed E-state index contributed by atoms with van der Waals surface area (Å²) in [6, 6.07) is 5.38. The highest BCUT2D eigenvalue weighted by atomic mass is 32.2. The molecule has 0 unspecified atom stereocenters. The molecule has 9 heteroatoms. The second kappa shape index (κ2) is 8.59. The molecule has 1 rings (SSSR count). The molecule has 1 aromatic rings. The van der Waals surface area contributed by atoms with Gasteiger partial charge in [-0.15, -0.1) is 0 Å². The van der Waals surface area contributed by atoms with Crippen LogP contribution in [0.5, 0.6) is 0 Å². The first-order valence-electron chi connectivity index (χ1n) is 5.75. The van der Waals surface area contributed by atoms with E-state index >= 15 is 0 Å². The Morgan fingerprint density at radius 3 is 2.90 bits per heavy atom. The van der Waals surface area contributed by atoms with Crippen molar-refractivity contribution in [1.82, 2.24) is 0 Å². The van der Waals surface area contributed by atoms with Crippen LogP contribution in [0.1, 0.15) is 12.6 Å². The monoisotopic (exact) mass is 305 g/mol. The van der Waals surface area contributed by atoms with Crippen LogP contribution in [0.25, 0.3) is 0 Å². The molecule has 0 N–H and O–H groups in total. The number of rotatable bonds is 9. The van der Waals surface area contributed by atoms with Crippen molar-refractivity contribution >= 4 is 16.3 Å². The zero-order valence-electron chi connectivity index (χ0n) is 11.3. The fraction of sp³-hybridized carbons (Fsp3) is 0.455. The molecule has 112 valence electrons. The van der Waals surface area contributed by atoms with E-state index in [0.717, 1.165) is 6.26 Å². The van der Waals surface area contributed by atoms with Crippen LogP contribution in [0.3, 0.4) is 0 Å². The first kappa shape index (κ1) is 16.5. The van der Waals surface area contributed by atoms with E-state index in [1.54, 1.807) is 29.8 Å². The van der Waals surface area contributed by atoms with Crippen LogP contribution < -0.4 is 4.57 Å². The van der Waals surface area contributed by atoms with Gasteiger partial charge >= 0.3 is 0 Å². The van der Waals surface area contributed by atoms with E-state index in [4.69, 9.17) is 4.74 Å². The number of nitrogens with zero attached hydrogens (tertiary/aromatic N) is 2. The maximum absolute atomic E-state index is 10.8. The van der Waals surface area contributed by atoms with Gasteiger partial charge in [0.1, 0.15) is 6.21 Å². The molecule has 0 atom stereocenters. The van der Waals surface area contributed by atoms with Crippen molar-refractivity contribution in [2.45, 2.75) is 13.7 Å². The quantitative estimate of drug-likeness (QED) is 0.123. The lowest BCUT2D eigenvalue weighted by Crippen LogP contribution is -2.39. The predicted octanol–water partition coefficient (Wildman–Crippen LogP) is 0.184. The Morgan fingerprint density at radius 2 is 2.20 bits per heavy atom. The molecule has 1 aromatic heterocycles. The van der Waals surface area contributed by atoms with Gasteiger partial charge in [-0.3, -0.25) is 4.74 Å².